The first-order valence-corrected chi connectivity index (χ1v) is 11.3. The van der Waals surface area contributed by atoms with Gasteiger partial charge >= 0.3 is 0 Å². The molecule has 31 heavy (non-hydrogen) atoms. The van der Waals surface area contributed by atoms with Crippen LogP contribution in [0.3, 0.4) is 0 Å². The van der Waals surface area contributed by atoms with Crippen LogP contribution in [-0.4, -0.2) is 81.0 Å². The minimum Gasteiger partial charge on any atom is -0.495 e. The molecule has 0 unspecified atom stereocenters. The molecule has 8 nitrogen and oxygen atoms in total. The number of carbonyl (C=O) groups is 1. The largest absolute Gasteiger partial charge is 0.495 e. The third-order valence-electron chi connectivity index (χ3n) is 5.39. The molecular weight excluding hydrogens is 412 g/mol. The van der Waals surface area contributed by atoms with E-state index in [1.165, 1.54) is 11.8 Å². The molecule has 0 radical (unpaired) electrons. The SMILES string of the molecule is CCN1CCN(C(=O)CSc2nnc(-c3ccncc3)n2-c2ccccc2OC)CC1. The van der Waals surface area contributed by atoms with Gasteiger partial charge in [0.05, 0.1) is 18.6 Å². The minimum absolute atomic E-state index is 0.126. The minimum atomic E-state index is 0.126. The van der Waals surface area contributed by atoms with Crippen molar-refractivity contribution in [3.63, 3.8) is 0 Å². The lowest BCUT2D eigenvalue weighted by atomic mass is 10.2. The Bertz CT molecular complexity index is 1020. The molecule has 1 aliphatic rings. The number of amides is 1. The number of rotatable bonds is 7. The van der Waals surface area contributed by atoms with Crippen molar-refractivity contribution in [3.8, 4) is 22.8 Å². The standard InChI is InChI=1S/C22H26N6O2S/c1-3-26-12-14-27(15-13-26)20(29)16-31-22-25-24-21(17-8-10-23-11-9-17)28(22)18-6-4-5-7-19(18)30-2/h4-11H,3,12-16H2,1-2H3. The van der Waals surface area contributed by atoms with Crippen molar-refractivity contribution >= 4 is 17.7 Å². The number of piperazine rings is 1. The highest BCUT2D eigenvalue weighted by Gasteiger charge is 2.23. The molecule has 1 aliphatic heterocycles. The number of pyridine rings is 1. The number of hydrogen-bond acceptors (Lipinski definition) is 7. The number of nitrogens with zero attached hydrogens (tertiary/aromatic N) is 6. The fourth-order valence-electron chi connectivity index (χ4n) is 3.61. The van der Waals surface area contributed by atoms with Gasteiger partial charge in [0.15, 0.2) is 11.0 Å². The normalized spacial score (nSPS) is 14.6. The van der Waals surface area contributed by atoms with Crippen LogP contribution in [-0.2, 0) is 4.79 Å². The molecule has 1 aromatic carbocycles. The summed E-state index contributed by atoms with van der Waals surface area (Å²) in [4.78, 5) is 21.2. The van der Waals surface area contributed by atoms with Crippen molar-refractivity contribution in [2.75, 3.05) is 45.6 Å². The molecule has 3 heterocycles. The number of likely N-dealkylation sites (N-methyl/N-ethyl adjacent to an activating group) is 1. The summed E-state index contributed by atoms with van der Waals surface area (Å²) in [5, 5.41) is 9.48. The molecule has 0 saturated carbocycles. The van der Waals surface area contributed by atoms with E-state index in [-0.39, 0.29) is 5.91 Å². The Balaban J connectivity index is 1.59. The zero-order valence-electron chi connectivity index (χ0n) is 17.8. The monoisotopic (exact) mass is 438 g/mol. The molecule has 9 heteroatoms. The first-order valence-electron chi connectivity index (χ1n) is 10.3. The Hall–Kier alpha value is -2.91. The Kier molecular flexibility index (Phi) is 6.83. The van der Waals surface area contributed by atoms with E-state index in [0.717, 1.165) is 44.0 Å². The smallest absolute Gasteiger partial charge is 0.233 e. The van der Waals surface area contributed by atoms with Crippen LogP contribution in [0.15, 0.2) is 53.9 Å². The summed E-state index contributed by atoms with van der Waals surface area (Å²) in [7, 11) is 1.64. The highest BCUT2D eigenvalue weighted by molar-refractivity contribution is 7.99. The molecule has 1 fully saturated rings. The molecule has 0 N–H and O–H groups in total. The van der Waals surface area contributed by atoms with Gasteiger partial charge in [0.2, 0.25) is 5.91 Å². The predicted octanol–water partition coefficient (Wildman–Crippen LogP) is 2.59. The number of carbonyl (C=O) groups excluding carboxylic acids is 1. The number of aromatic nitrogens is 4. The second-order valence-electron chi connectivity index (χ2n) is 7.15. The van der Waals surface area contributed by atoms with E-state index in [0.29, 0.717) is 22.5 Å². The first-order chi connectivity index (χ1) is 15.2. The van der Waals surface area contributed by atoms with E-state index < -0.39 is 0 Å². The van der Waals surface area contributed by atoms with Crippen molar-refractivity contribution < 1.29 is 9.53 Å². The Morgan fingerprint density at radius 2 is 1.81 bits per heavy atom. The molecular formula is C22H26N6O2S. The van der Waals surface area contributed by atoms with Crippen LogP contribution in [0.4, 0.5) is 0 Å². The average Bonchev–Trinajstić information content (AvgIpc) is 3.26. The van der Waals surface area contributed by atoms with Gasteiger partial charge in [0.1, 0.15) is 5.75 Å². The lowest BCUT2D eigenvalue weighted by Gasteiger charge is -2.34. The molecule has 1 saturated heterocycles. The van der Waals surface area contributed by atoms with E-state index in [1.54, 1.807) is 19.5 Å². The maximum Gasteiger partial charge on any atom is 0.233 e. The van der Waals surface area contributed by atoms with Gasteiger partial charge in [0, 0.05) is 44.1 Å². The topological polar surface area (TPSA) is 76.4 Å². The van der Waals surface area contributed by atoms with Gasteiger partial charge in [-0.3, -0.25) is 14.3 Å². The lowest BCUT2D eigenvalue weighted by Crippen LogP contribution is -2.49. The first kappa shape index (κ1) is 21.3. The molecule has 0 spiro atoms. The van der Waals surface area contributed by atoms with E-state index in [4.69, 9.17) is 4.74 Å². The van der Waals surface area contributed by atoms with Crippen molar-refractivity contribution in [2.24, 2.45) is 0 Å². The molecule has 3 aromatic rings. The van der Waals surface area contributed by atoms with Crippen molar-refractivity contribution in [3.05, 3.63) is 48.8 Å². The third kappa shape index (κ3) is 4.72. The summed E-state index contributed by atoms with van der Waals surface area (Å²) in [6, 6.07) is 11.5. The van der Waals surface area contributed by atoms with Crippen LogP contribution in [0.25, 0.3) is 17.1 Å². The second kappa shape index (κ2) is 9.93. The highest BCUT2D eigenvalue weighted by atomic mass is 32.2. The summed E-state index contributed by atoms with van der Waals surface area (Å²) in [5.41, 5.74) is 1.72. The fourth-order valence-corrected chi connectivity index (χ4v) is 4.46. The summed E-state index contributed by atoms with van der Waals surface area (Å²) in [6.07, 6.45) is 3.45. The van der Waals surface area contributed by atoms with Crippen LogP contribution >= 0.6 is 11.8 Å². The van der Waals surface area contributed by atoms with Crippen molar-refractivity contribution in [1.82, 2.24) is 29.5 Å². The molecule has 1 amide bonds. The number of methoxy groups -OCH3 is 1. The molecule has 0 bridgehead atoms. The molecule has 0 aliphatic carbocycles. The fraction of sp³-hybridized carbons (Fsp3) is 0.364. The average molecular weight is 439 g/mol. The lowest BCUT2D eigenvalue weighted by molar-refractivity contribution is -0.130. The summed E-state index contributed by atoms with van der Waals surface area (Å²) >= 11 is 1.40. The maximum absolute atomic E-state index is 12.8. The Morgan fingerprint density at radius 1 is 1.06 bits per heavy atom. The maximum atomic E-state index is 12.8. The number of thioether (sulfide) groups is 1. The summed E-state index contributed by atoms with van der Waals surface area (Å²) in [6.45, 7) is 6.57. The van der Waals surface area contributed by atoms with Gasteiger partial charge in [-0.15, -0.1) is 10.2 Å². The number of hydrogen-bond donors (Lipinski definition) is 0. The van der Waals surface area contributed by atoms with E-state index >= 15 is 0 Å². The van der Waals surface area contributed by atoms with Crippen molar-refractivity contribution in [1.29, 1.82) is 0 Å². The van der Waals surface area contributed by atoms with Crippen LogP contribution in [0.5, 0.6) is 5.75 Å². The number of benzene rings is 1. The van der Waals surface area contributed by atoms with Crippen LogP contribution < -0.4 is 4.74 Å². The van der Waals surface area contributed by atoms with E-state index in [1.807, 2.05) is 45.9 Å². The van der Waals surface area contributed by atoms with Crippen molar-refractivity contribution in [2.45, 2.75) is 12.1 Å². The Labute approximate surface area is 186 Å². The zero-order chi connectivity index (χ0) is 21.6. The highest BCUT2D eigenvalue weighted by Crippen LogP contribution is 2.32. The van der Waals surface area contributed by atoms with Gasteiger partial charge in [-0.2, -0.15) is 0 Å². The van der Waals surface area contributed by atoms with Gasteiger partial charge in [-0.1, -0.05) is 30.8 Å². The summed E-state index contributed by atoms with van der Waals surface area (Å²) in [5.74, 6) is 1.83. The quantitative estimate of drug-likeness (QED) is 0.525. The molecule has 0 atom stereocenters. The van der Waals surface area contributed by atoms with Gasteiger partial charge in [-0.05, 0) is 30.8 Å². The van der Waals surface area contributed by atoms with Crippen LogP contribution in [0.1, 0.15) is 6.92 Å². The predicted molar refractivity (Wildman–Crippen MR) is 121 cm³/mol. The van der Waals surface area contributed by atoms with Gasteiger partial charge in [0.25, 0.3) is 0 Å². The molecule has 4 rings (SSSR count). The molecule has 2 aromatic heterocycles. The third-order valence-corrected chi connectivity index (χ3v) is 6.31. The zero-order valence-corrected chi connectivity index (χ0v) is 18.6. The van der Waals surface area contributed by atoms with Gasteiger partial charge in [-0.25, -0.2) is 0 Å². The number of ether oxygens (including phenoxy) is 1. The Morgan fingerprint density at radius 3 is 2.52 bits per heavy atom. The summed E-state index contributed by atoms with van der Waals surface area (Å²) < 4.78 is 7.52. The van der Waals surface area contributed by atoms with Gasteiger partial charge < -0.3 is 14.5 Å². The number of para-hydroxylation sites is 2. The molecule has 162 valence electrons. The van der Waals surface area contributed by atoms with Crippen LogP contribution in [0, 0.1) is 0 Å². The van der Waals surface area contributed by atoms with Crippen LogP contribution in [0.2, 0.25) is 0 Å². The van der Waals surface area contributed by atoms with E-state index in [2.05, 4.69) is 27.0 Å². The second-order valence-corrected chi connectivity index (χ2v) is 8.10. The van der Waals surface area contributed by atoms with E-state index in [9.17, 15) is 4.79 Å².